The zero-order valence-corrected chi connectivity index (χ0v) is 8.23. The van der Waals surface area contributed by atoms with E-state index in [1.165, 1.54) is 0 Å². The van der Waals surface area contributed by atoms with Crippen molar-refractivity contribution < 1.29 is 9.90 Å². The first kappa shape index (κ1) is 10.9. The molecule has 3 nitrogen and oxygen atoms in total. The van der Waals surface area contributed by atoms with Crippen LogP contribution in [-0.2, 0) is 17.8 Å². The molecule has 76 valence electrons. The maximum absolute atomic E-state index is 11.3. The number of rotatable bonds is 4. The normalized spacial score (nSPS) is 12.5. The van der Waals surface area contributed by atoms with Gasteiger partial charge in [0.1, 0.15) is 0 Å². The molecule has 1 atom stereocenters. The highest BCUT2D eigenvalue weighted by Gasteiger charge is 2.07. The number of ketones is 1. The predicted octanol–water partition coefficient (Wildman–Crippen LogP) is 0.638. The molecular weight excluding hydrogens is 178 g/mol. The van der Waals surface area contributed by atoms with Crippen LogP contribution in [0.25, 0.3) is 0 Å². The van der Waals surface area contributed by atoms with E-state index in [0.29, 0.717) is 6.42 Å². The molecule has 3 N–H and O–H groups in total. The number of hydrogen-bond donors (Lipinski definition) is 2. The lowest BCUT2D eigenvalue weighted by atomic mass is 10.0. The molecule has 14 heavy (non-hydrogen) atoms. The highest BCUT2D eigenvalue weighted by molar-refractivity contribution is 5.85. The summed E-state index contributed by atoms with van der Waals surface area (Å²) >= 11 is 0. The standard InChI is InChI=1S/C11H15NO2/c1-8(12)11(14)6-9-2-4-10(7-13)5-3-9/h2-5,8,13H,6-7,12H2,1H3/t8-/m0/s1. The van der Waals surface area contributed by atoms with Gasteiger partial charge < -0.3 is 10.8 Å². The Balaban J connectivity index is 2.64. The Bertz CT molecular complexity index is 304. The minimum atomic E-state index is -0.410. The third-order valence-corrected chi connectivity index (χ3v) is 2.09. The van der Waals surface area contributed by atoms with Crippen LogP contribution in [-0.4, -0.2) is 16.9 Å². The van der Waals surface area contributed by atoms with Crippen molar-refractivity contribution >= 4 is 5.78 Å². The highest BCUT2D eigenvalue weighted by atomic mass is 16.3. The monoisotopic (exact) mass is 193 g/mol. The fourth-order valence-electron chi connectivity index (χ4n) is 1.12. The summed E-state index contributed by atoms with van der Waals surface area (Å²) in [5, 5.41) is 8.81. The van der Waals surface area contributed by atoms with Crippen LogP contribution >= 0.6 is 0 Å². The summed E-state index contributed by atoms with van der Waals surface area (Å²) in [4.78, 5) is 11.3. The summed E-state index contributed by atoms with van der Waals surface area (Å²) in [6.07, 6.45) is 0.364. The second-order valence-electron chi connectivity index (χ2n) is 3.41. The number of carbonyl (C=O) groups is 1. The van der Waals surface area contributed by atoms with Gasteiger partial charge in [-0.25, -0.2) is 0 Å². The van der Waals surface area contributed by atoms with E-state index in [4.69, 9.17) is 10.8 Å². The quantitative estimate of drug-likeness (QED) is 0.737. The van der Waals surface area contributed by atoms with Crippen molar-refractivity contribution in [3.05, 3.63) is 35.4 Å². The molecule has 0 amide bonds. The van der Waals surface area contributed by atoms with Gasteiger partial charge in [0, 0.05) is 6.42 Å². The lowest BCUT2D eigenvalue weighted by Gasteiger charge is -2.04. The molecule has 0 fully saturated rings. The Hall–Kier alpha value is -1.19. The van der Waals surface area contributed by atoms with Gasteiger partial charge in [0.25, 0.3) is 0 Å². The molecular formula is C11H15NO2. The predicted molar refractivity (Wildman–Crippen MR) is 54.7 cm³/mol. The van der Waals surface area contributed by atoms with Crippen molar-refractivity contribution in [1.29, 1.82) is 0 Å². The summed E-state index contributed by atoms with van der Waals surface area (Å²) in [7, 11) is 0. The van der Waals surface area contributed by atoms with Crippen molar-refractivity contribution in [2.75, 3.05) is 0 Å². The lowest BCUT2D eigenvalue weighted by molar-refractivity contribution is -0.119. The lowest BCUT2D eigenvalue weighted by Crippen LogP contribution is -2.28. The van der Waals surface area contributed by atoms with Gasteiger partial charge in [-0.05, 0) is 18.1 Å². The smallest absolute Gasteiger partial charge is 0.153 e. The SMILES string of the molecule is C[C@H](N)C(=O)Cc1ccc(CO)cc1. The maximum atomic E-state index is 11.3. The summed E-state index contributed by atoms with van der Waals surface area (Å²) in [6, 6.07) is 6.89. The molecule has 0 spiro atoms. The molecule has 0 heterocycles. The van der Waals surface area contributed by atoms with Gasteiger partial charge in [0.15, 0.2) is 5.78 Å². The highest BCUT2D eigenvalue weighted by Crippen LogP contribution is 2.06. The number of benzene rings is 1. The fraction of sp³-hybridized carbons (Fsp3) is 0.364. The molecule has 0 aliphatic heterocycles. The molecule has 1 rings (SSSR count). The molecule has 0 bridgehead atoms. The van der Waals surface area contributed by atoms with Crippen LogP contribution in [0, 0.1) is 0 Å². The van der Waals surface area contributed by atoms with Gasteiger partial charge in [-0.2, -0.15) is 0 Å². The Labute approximate surface area is 83.6 Å². The second kappa shape index (κ2) is 4.88. The molecule has 0 unspecified atom stereocenters. The number of hydrogen-bond acceptors (Lipinski definition) is 3. The van der Waals surface area contributed by atoms with Gasteiger partial charge in [0.2, 0.25) is 0 Å². The first-order chi connectivity index (χ1) is 6.63. The first-order valence-electron chi connectivity index (χ1n) is 4.60. The van der Waals surface area contributed by atoms with Crippen LogP contribution in [0.3, 0.4) is 0 Å². The summed E-state index contributed by atoms with van der Waals surface area (Å²) in [5.74, 6) is 0.0294. The third-order valence-electron chi connectivity index (χ3n) is 2.09. The van der Waals surface area contributed by atoms with E-state index >= 15 is 0 Å². The average Bonchev–Trinajstić information content (AvgIpc) is 2.19. The van der Waals surface area contributed by atoms with Crippen LogP contribution in [0.2, 0.25) is 0 Å². The Morgan fingerprint density at radius 1 is 1.36 bits per heavy atom. The van der Waals surface area contributed by atoms with E-state index in [2.05, 4.69) is 0 Å². The zero-order valence-electron chi connectivity index (χ0n) is 8.23. The van der Waals surface area contributed by atoms with Gasteiger partial charge in [-0.15, -0.1) is 0 Å². The van der Waals surface area contributed by atoms with E-state index in [1.54, 1.807) is 6.92 Å². The van der Waals surface area contributed by atoms with Crippen LogP contribution in [0.15, 0.2) is 24.3 Å². The van der Waals surface area contributed by atoms with Crippen molar-refractivity contribution in [3.8, 4) is 0 Å². The molecule has 0 aromatic heterocycles. The van der Waals surface area contributed by atoms with E-state index in [-0.39, 0.29) is 12.4 Å². The second-order valence-corrected chi connectivity index (χ2v) is 3.41. The van der Waals surface area contributed by atoms with E-state index in [1.807, 2.05) is 24.3 Å². The fourth-order valence-corrected chi connectivity index (χ4v) is 1.12. The van der Waals surface area contributed by atoms with Crippen molar-refractivity contribution in [3.63, 3.8) is 0 Å². The Kier molecular flexibility index (Phi) is 3.80. The van der Waals surface area contributed by atoms with Crippen LogP contribution in [0.5, 0.6) is 0 Å². The zero-order chi connectivity index (χ0) is 10.6. The van der Waals surface area contributed by atoms with Crippen LogP contribution in [0.1, 0.15) is 18.1 Å². The number of carbonyl (C=O) groups excluding carboxylic acids is 1. The topological polar surface area (TPSA) is 63.3 Å². The third kappa shape index (κ3) is 2.94. The molecule has 1 aromatic carbocycles. The van der Waals surface area contributed by atoms with Crippen molar-refractivity contribution in [2.24, 2.45) is 5.73 Å². The van der Waals surface area contributed by atoms with E-state index < -0.39 is 6.04 Å². The molecule has 0 radical (unpaired) electrons. The Morgan fingerprint density at radius 3 is 2.29 bits per heavy atom. The molecule has 0 aliphatic rings. The van der Waals surface area contributed by atoms with E-state index in [9.17, 15) is 4.79 Å². The summed E-state index contributed by atoms with van der Waals surface area (Å²) in [6.45, 7) is 1.71. The Morgan fingerprint density at radius 2 is 1.86 bits per heavy atom. The minimum absolute atomic E-state index is 0.0293. The van der Waals surface area contributed by atoms with Gasteiger partial charge in [-0.3, -0.25) is 4.79 Å². The largest absolute Gasteiger partial charge is 0.392 e. The number of nitrogens with two attached hydrogens (primary N) is 1. The van der Waals surface area contributed by atoms with Crippen LogP contribution < -0.4 is 5.73 Å². The van der Waals surface area contributed by atoms with Gasteiger partial charge in [0.05, 0.1) is 12.6 Å². The molecule has 3 heteroatoms. The van der Waals surface area contributed by atoms with Crippen LogP contribution in [0.4, 0.5) is 0 Å². The minimum Gasteiger partial charge on any atom is -0.392 e. The average molecular weight is 193 g/mol. The van der Waals surface area contributed by atoms with E-state index in [0.717, 1.165) is 11.1 Å². The summed E-state index contributed by atoms with van der Waals surface area (Å²) in [5.41, 5.74) is 7.23. The number of aliphatic hydroxyl groups excluding tert-OH is 1. The first-order valence-corrected chi connectivity index (χ1v) is 4.60. The number of Topliss-reactive ketones (excluding diaryl/α,β-unsaturated/α-hetero) is 1. The molecule has 0 aliphatic carbocycles. The molecule has 0 saturated carbocycles. The van der Waals surface area contributed by atoms with Crippen molar-refractivity contribution in [1.82, 2.24) is 0 Å². The summed E-state index contributed by atoms with van der Waals surface area (Å²) < 4.78 is 0. The maximum Gasteiger partial charge on any atom is 0.153 e. The molecule has 1 aromatic rings. The molecule has 0 saturated heterocycles. The van der Waals surface area contributed by atoms with Crippen molar-refractivity contribution in [2.45, 2.75) is 26.0 Å². The van der Waals surface area contributed by atoms with Gasteiger partial charge in [-0.1, -0.05) is 24.3 Å². The number of aliphatic hydroxyl groups is 1. The van der Waals surface area contributed by atoms with Gasteiger partial charge >= 0.3 is 0 Å².